The molecule has 1 aromatic carbocycles. The van der Waals surface area contributed by atoms with Crippen LogP contribution in [0.2, 0.25) is 0 Å². The van der Waals surface area contributed by atoms with Gasteiger partial charge in [0.2, 0.25) is 0 Å². The molecule has 0 aliphatic heterocycles. The molecule has 0 unspecified atom stereocenters. The Kier molecular flexibility index (Phi) is 5.94. The van der Waals surface area contributed by atoms with Crippen LogP contribution >= 0.6 is 0 Å². The van der Waals surface area contributed by atoms with E-state index in [-0.39, 0.29) is 0 Å². The van der Waals surface area contributed by atoms with Crippen molar-refractivity contribution >= 4 is 0 Å². The number of aliphatic hydroxyl groups is 1. The monoisotopic (exact) mass is 283 g/mol. The number of aromatic nitrogens is 1. The van der Waals surface area contributed by atoms with Gasteiger partial charge in [-0.1, -0.05) is 31.5 Å². The average molecular weight is 283 g/mol. The minimum absolute atomic E-state index is 0.298. The van der Waals surface area contributed by atoms with Crippen LogP contribution in [0, 0.1) is 6.92 Å². The Hall–Kier alpha value is -1.67. The van der Waals surface area contributed by atoms with Crippen molar-refractivity contribution in [3.05, 3.63) is 53.9 Å². The van der Waals surface area contributed by atoms with Crippen molar-refractivity contribution in [2.24, 2.45) is 0 Å². The van der Waals surface area contributed by atoms with Gasteiger partial charge in [0.05, 0.1) is 0 Å². The van der Waals surface area contributed by atoms with Crippen LogP contribution in [0.4, 0.5) is 0 Å². The summed E-state index contributed by atoms with van der Waals surface area (Å²) in [6, 6.07) is 10.7. The second kappa shape index (κ2) is 7.94. The third kappa shape index (κ3) is 3.92. The van der Waals surface area contributed by atoms with Gasteiger partial charge in [0.25, 0.3) is 0 Å². The maximum Gasteiger partial charge on any atom is 0.0431 e. The van der Waals surface area contributed by atoms with Crippen molar-refractivity contribution in [2.45, 2.75) is 45.4 Å². The molecule has 0 amide bonds. The van der Waals surface area contributed by atoms with Gasteiger partial charge in [-0.15, -0.1) is 0 Å². The summed E-state index contributed by atoms with van der Waals surface area (Å²) in [6.45, 7) is 4.77. The molecule has 2 nitrogen and oxygen atoms in total. The summed E-state index contributed by atoms with van der Waals surface area (Å²) >= 11 is 0. The first-order chi connectivity index (χ1) is 10.3. The lowest BCUT2D eigenvalue weighted by atomic mass is 9.85. The molecule has 0 fully saturated rings. The quantitative estimate of drug-likeness (QED) is 0.746. The van der Waals surface area contributed by atoms with Crippen LogP contribution in [0.15, 0.2) is 42.7 Å². The topological polar surface area (TPSA) is 33.1 Å². The number of unbranched alkanes of at least 4 members (excludes halogenated alkanes) is 1. The van der Waals surface area contributed by atoms with E-state index in [0.717, 1.165) is 25.7 Å². The SMILES string of the molecule is CC[C@@H](CCCCO)c1cccc(-c2ccncc2)c1C. The van der Waals surface area contributed by atoms with Gasteiger partial charge >= 0.3 is 0 Å². The normalized spacial score (nSPS) is 12.3. The smallest absolute Gasteiger partial charge is 0.0431 e. The molecule has 0 bridgehead atoms. The molecule has 1 N–H and O–H groups in total. The van der Waals surface area contributed by atoms with Crippen LogP contribution in [0.25, 0.3) is 11.1 Å². The summed E-state index contributed by atoms with van der Waals surface area (Å²) < 4.78 is 0. The summed E-state index contributed by atoms with van der Waals surface area (Å²) in [5.41, 5.74) is 5.36. The molecule has 0 radical (unpaired) electrons. The zero-order valence-corrected chi connectivity index (χ0v) is 13.0. The molecule has 21 heavy (non-hydrogen) atoms. The molecule has 2 aromatic rings. The van der Waals surface area contributed by atoms with E-state index in [2.05, 4.69) is 49.2 Å². The van der Waals surface area contributed by atoms with Crippen LogP contribution in [0.5, 0.6) is 0 Å². The first-order valence-electron chi connectivity index (χ1n) is 7.88. The minimum atomic E-state index is 0.298. The van der Waals surface area contributed by atoms with Crippen LogP contribution < -0.4 is 0 Å². The highest BCUT2D eigenvalue weighted by Gasteiger charge is 2.14. The summed E-state index contributed by atoms with van der Waals surface area (Å²) in [5.74, 6) is 0.582. The van der Waals surface area contributed by atoms with Crippen molar-refractivity contribution in [2.75, 3.05) is 6.61 Å². The van der Waals surface area contributed by atoms with Gasteiger partial charge in [0.1, 0.15) is 0 Å². The first-order valence-corrected chi connectivity index (χ1v) is 7.88. The maximum absolute atomic E-state index is 8.96. The van der Waals surface area contributed by atoms with Gasteiger partial charge in [-0.2, -0.15) is 0 Å². The number of rotatable bonds is 7. The first kappa shape index (κ1) is 15.7. The predicted molar refractivity (Wildman–Crippen MR) is 88.4 cm³/mol. The van der Waals surface area contributed by atoms with E-state index in [1.54, 1.807) is 0 Å². The second-order valence-corrected chi connectivity index (χ2v) is 5.58. The number of benzene rings is 1. The molecular weight excluding hydrogens is 258 g/mol. The fourth-order valence-electron chi connectivity index (χ4n) is 3.02. The number of aliphatic hydroxyl groups excluding tert-OH is 1. The van der Waals surface area contributed by atoms with E-state index >= 15 is 0 Å². The molecule has 2 rings (SSSR count). The van der Waals surface area contributed by atoms with Gasteiger partial charge in [-0.05, 0) is 66.5 Å². The molecule has 1 heterocycles. The number of hydrogen-bond donors (Lipinski definition) is 1. The van der Waals surface area contributed by atoms with Crippen molar-refractivity contribution in [1.82, 2.24) is 4.98 Å². The van der Waals surface area contributed by atoms with Crippen molar-refractivity contribution in [3.8, 4) is 11.1 Å². The van der Waals surface area contributed by atoms with E-state index < -0.39 is 0 Å². The summed E-state index contributed by atoms with van der Waals surface area (Å²) in [5, 5.41) is 8.96. The Labute approximate surface area is 127 Å². The fourth-order valence-corrected chi connectivity index (χ4v) is 3.02. The summed E-state index contributed by atoms with van der Waals surface area (Å²) in [7, 11) is 0. The van der Waals surface area contributed by atoms with Gasteiger partial charge in [-0.3, -0.25) is 4.98 Å². The molecule has 1 aromatic heterocycles. The highest BCUT2D eigenvalue weighted by molar-refractivity contribution is 5.68. The molecule has 0 saturated carbocycles. The Morgan fingerprint density at radius 2 is 1.86 bits per heavy atom. The van der Waals surface area contributed by atoms with E-state index in [1.165, 1.54) is 22.3 Å². The van der Waals surface area contributed by atoms with Gasteiger partial charge in [-0.25, -0.2) is 0 Å². The summed E-state index contributed by atoms with van der Waals surface area (Å²) in [4.78, 5) is 4.10. The Morgan fingerprint density at radius 1 is 1.10 bits per heavy atom. The molecule has 0 aliphatic carbocycles. The van der Waals surface area contributed by atoms with E-state index in [4.69, 9.17) is 5.11 Å². The second-order valence-electron chi connectivity index (χ2n) is 5.58. The maximum atomic E-state index is 8.96. The zero-order chi connectivity index (χ0) is 15.1. The van der Waals surface area contributed by atoms with E-state index in [9.17, 15) is 0 Å². The number of nitrogens with zero attached hydrogens (tertiary/aromatic N) is 1. The lowest BCUT2D eigenvalue weighted by molar-refractivity contribution is 0.281. The van der Waals surface area contributed by atoms with Crippen LogP contribution in [0.1, 0.15) is 49.7 Å². The highest BCUT2D eigenvalue weighted by Crippen LogP contribution is 2.33. The average Bonchev–Trinajstić information content (AvgIpc) is 2.53. The molecule has 2 heteroatoms. The zero-order valence-electron chi connectivity index (χ0n) is 13.0. The number of pyridine rings is 1. The molecule has 0 spiro atoms. The van der Waals surface area contributed by atoms with Crippen LogP contribution in [-0.4, -0.2) is 16.7 Å². The third-order valence-corrected chi connectivity index (χ3v) is 4.26. The third-order valence-electron chi connectivity index (χ3n) is 4.26. The van der Waals surface area contributed by atoms with E-state index in [0.29, 0.717) is 12.5 Å². The standard InChI is InChI=1S/C19H25NO/c1-3-16(7-4-5-14-21)18-8-6-9-19(15(18)2)17-10-12-20-13-11-17/h6,8-13,16,21H,3-5,7,14H2,1-2H3/t16-/m0/s1. The fraction of sp³-hybridized carbons (Fsp3) is 0.421. The van der Waals surface area contributed by atoms with Gasteiger partial charge < -0.3 is 5.11 Å². The van der Waals surface area contributed by atoms with Crippen LogP contribution in [0.3, 0.4) is 0 Å². The highest BCUT2D eigenvalue weighted by atomic mass is 16.2. The lowest BCUT2D eigenvalue weighted by Gasteiger charge is -2.20. The molecule has 0 saturated heterocycles. The lowest BCUT2D eigenvalue weighted by Crippen LogP contribution is -2.02. The molecule has 0 aliphatic rings. The van der Waals surface area contributed by atoms with Gasteiger partial charge in [0, 0.05) is 19.0 Å². The van der Waals surface area contributed by atoms with Crippen molar-refractivity contribution < 1.29 is 5.11 Å². The number of hydrogen-bond acceptors (Lipinski definition) is 2. The predicted octanol–water partition coefficient (Wildman–Crippen LogP) is 4.71. The molecule has 112 valence electrons. The van der Waals surface area contributed by atoms with Crippen molar-refractivity contribution in [1.29, 1.82) is 0 Å². The summed E-state index contributed by atoms with van der Waals surface area (Å²) in [6.07, 6.45) is 7.98. The Morgan fingerprint density at radius 3 is 2.52 bits per heavy atom. The Balaban J connectivity index is 2.28. The molecular formula is C19H25NO. The Bertz CT molecular complexity index is 551. The molecule has 1 atom stereocenters. The van der Waals surface area contributed by atoms with Gasteiger partial charge in [0.15, 0.2) is 0 Å². The van der Waals surface area contributed by atoms with Crippen molar-refractivity contribution in [3.63, 3.8) is 0 Å². The largest absolute Gasteiger partial charge is 0.396 e. The van der Waals surface area contributed by atoms with Crippen LogP contribution in [-0.2, 0) is 0 Å². The minimum Gasteiger partial charge on any atom is -0.396 e. The van der Waals surface area contributed by atoms with E-state index in [1.807, 2.05) is 12.4 Å².